The van der Waals surface area contributed by atoms with Crippen molar-refractivity contribution in [3.63, 3.8) is 0 Å². The molecule has 0 spiro atoms. The number of rotatable bonds is 5. The number of ether oxygens (including phenoxy) is 1. The molecule has 160 valence electrons. The van der Waals surface area contributed by atoms with Crippen molar-refractivity contribution in [2.75, 3.05) is 38.2 Å². The molecular formula is C22H24BrN7O. The molecule has 1 saturated heterocycles. The van der Waals surface area contributed by atoms with Crippen LogP contribution in [0.15, 0.2) is 47.3 Å². The number of methoxy groups -OCH3 is 1. The van der Waals surface area contributed by atoms with Gasteiger partial charge in [0, 0.05) is 50.3 Å². The van der Waals surface area contributed by atoms with Crippen LogP contribution in [0.4, 0.5) is 5.69 Å². The Labute approximate surface area is 188 Å². The predicted molar refractivity (Wildman–Crippen MR) is 124 cm³/mol. The molecule has 2 N–H and O–H groups in total. The molecule has 1 atom stereocenters. The summed E-state index contributed by atoms with van der Waals surface area (Å²) in [5.41, 5.74) is 3.78. The van der Waals surface area contributed by atoms with Gasteiger partial charge in [0.05, 0.1) is 23.3 Å². The number of nitrogens with zero attached hydrogens (tertiary/aromatic N) is 5. The van der Waals surface area contributed by atoms with Crippen LogP contribution in [0.5, 0.6) is 5.75 Å². The summed E-state index contributed by atoms with van der Waals surface area (Å²) in [7, 11) is 1.67. The fraction of sp³-hybridized carbons (Fsp3) is 0.318. The SMILES string of the molecule is COc1ccc(-c2nc3ncc(Br)c(N4CCN(C(C)c5ncc[nH]5)CC4)c3[nH]2)cc1. The highest BCUT2D eigenvalue weighted by molar-refractivity contribution is 9.10. The van der Waals surface area contributed by atoms with Crippen LogP contribution in [0.2, 0.25) is 0 Å². The van der Waals surface area contributed by atoms with Crippen LogP contribution in [0.25, 0.3) is 22.6 Å². The van der Waals surface area contributed by atoms with E-state index in [0.717, 1.165) is 70.5 Å². The molecule has 1 fully saturated rings. The van der Waals surface area contributed by atoms with Gasteiger partial charge in [-0.15, -0.1) is 0 Å². The lowest BCUT2D eigenvalue weighted by Crippen LogP contribution is -2.47. The van der Waals surface area contributed by atoms with Gasteiger partial charge in [-0.1, -0.05) is 0 Å². The van der Waals surface area contributed by atoms with Gasteiger partial charge in [-0.3, -0.25) is 4.90 Å². The largest absolute Gasteiger partial charge is 0.497 e. The van der Waals surface area contributed by atoms with Gasteiger partial charge in [0.15, 0.2) is 5.65 Å². The number of aromatic amines is 2. The Balaban J connectivity index is 1.40. The second-order valence-corrected chi connectivity index (χ2v) is 8.50. The fourth-order valence-electron chi connectivity index (χ4n) is 4.13. The van der Waals surface area contributed by atoms with Crippen LogP contribution in [-0.4, -0.2) is 63.1 Å². The van der Waals surface area contributed by atoms with Crippen LogP contribution >= 0.6 is 15.9 Å². The van der Waals surface area contributed by atoms with E-state index >= 15 is 0 Å². The Morgan fingerprint density at radius 3 is 2.55 bits per heavy atom. The second kappa shape index (κ2) is 8.32. The molecule has 5 rings (SSSR count). The van der Waals surface area contributed by atoms with Gasteiger partial charge >= 0.3 is 0 Å². The van der Waals surface area contributed by atoms with E-state index in [1.807, 2.05) is 42.9 Å². The van der Waals surface area contributed by atoms with E-state index in [0.29, 0.717) is 0 Å². The van der Waals surface area contributed by atoms with Gasteiger partial charge in [0.1, 0.15) is 22.9 Å². The van der Waals surface area contributed by atoms with Crippen LogP contribution in [-0.2, 0) is 0 Å². The van der Waals surface area contributed by atoms with E-state index in [1.165, 1.54) is 0 Å². The number of piperazine rings is 1. The van der Waals surface area contributed by atoms with Crippen molar-refractivity contribution in [1.82, 2.24) is 29.8 Å². The zero-order valence-electron chi connectivity index (χ0n) is 17.5. The molecule has 4 aromatic rings. The van der Waals surface area contributed by atoms with E-state index in [2.05, 4.69) is 52.6 Å². The Hall–Kier alpha value is -2.91. The number of pyridine rings is 1. The first-order chi connectivity index (χ1) is 15.1. The van der Waals surface area contributed by atoms with Crippen molar-refractivity contribution in [2.45, 2.75) is 13.0 Å². The molecule has 4 heterocycles. The third-order valence-electron chi connectivity index (χ3n) is 5.90. The number of imidazole rings is 2. The summed E-state index contributed by atoms with van der Waals surface area (Å²) >= 11 is 3.72. The van der Waals surface area contributed by atoms with Gasteiger partial charge in [0.2, 0.25) is 0 Å². The third-order valence-corrected chi connectivity index (χ3v) is 6.49. The smallest absolute Gasteiger partial charge is 0.180 e. The highest BCUT2D eigenvalue weighted by Crippen LogP contribution is 2.35. The molecule has 0 radical (unpaired) electrons. The number of halogens is 1. The Morgan fingerprint density at radius 1 is 1.10 bits per heavy atom. The first-order valence-electron chi connectivity index (χ1n) is 10.3. The maximum absolute atomic E-state index is 5.26. The van der Waals surface area contributed by atoms with E-state index in [4.69, 9.17) is 9.72 Å². The number of benzene rings is 1. The lowest BCUT2D eigenvalue weighted by molar-refractivity contribution is 0.192. The number of hydrogen-bond acceptors (Lipinski definition) is 6. The van der Waals surface area contributed by atoms with Gasteiger partial charge in [-0.25, -0.2) is 15.0 Å². The average Bonchev–Trinajstić information content (AvgIpc) is 3.49. The summed E-state index contributed by atoms with van der Waals surface area (Å²) in [4.78, 5) is 25.3. The second-order valence-electron chi connectivity index (χ2n) is 7.64. The quantitative estimate of drug-likeness (QED) is 0.447. The molecule has 1 unspecified atom stereocenters. The monoisotopic (exact) mass is 481 g/mol. The maximum atomic E-state index is 5.26. The molecule has 0 amide bonds. The van der Waals surface area contributed by atoms with Gasteiger partial charge in [-0.2, -0.15) is 0 Å². The average molecular weight is 482 g/mol. The Morgan fingerprint density at radius 2 is 1.87 bits per heavy atom. The standard InChI is InChI=1S/C22H24BrN7O/c1-14(20-24-7-8-25-20)29-9-11-30(12-10-29)19-17(23)13-26-22-18(19)27-21(28-22)15-3-5-16(31-2)6-4-15/h3-8,13-14H,9-12H2,1-2H3,(H,24,25)(H,26,27,28). The summed E-state index contributed by atoms with van der Waals surface area (Å²) in [6, 6.07) is 8.14. The number of aromatic nitrogens is 5. The predicted octanol–water partition coefficient (Wildman–Crippen LogP) is 4.00. The van der Waals surface area contributed by atoms with Crippen LogP contribution in [0.1, 0.15) is 18.8 Å². The Kier molecular flexibility index (Phi) is 5.37. The number of nitrogens with one attached hydrogen (secondary N) is 2. The molecule has 8 nitrogen and oxygen atoms in total. The van der Waals surface area contributed by atoms with Gasteiger partial charge in [0.25, 0.3) is 0 Å². The van der Waals surface area contributed by atoms with Crippen LogP contribution < -0.4 is 9.64 Å². The van der Waals surface area contributed by atoms with Crippen LogP contribution in [0.3, 0.4) is 0 Å². The summed E-state index contributed by atoms with van der Waals surface area (Å²) in [5.74, 6) is 2.64. The number of fused-ring (bicyclic) bond motifs is 1. The van der Waals surface area contributed by atoms with E-state index in [-0.39, 0.29) is 6.04 Å². The normalized spacial score (nSPS) is 16.0. The number of H-pyrrole nitrogens is 2. The molecule has 1 aromatic carbocycles. The molecular weight excluding hydrogens is 458 g/mol. The number of anilines is 1. The van der Waals surface area contributed by atoms with Crippen molar-refractivity contribution >= 4 is 32.8 Å². The van der Waals surface area contributed by atoms with Crippen molar-refractivity contribution < 1.29 is 4.74 Å². The van der Waals surface area contributed by atoms with Gasteiger partial charge in [-0.05, 0) is 47.1 Å². The molecule has 0 bridgehead atoms. The highest BCUT2D eigenvalue weighted by atomic mass is 79.9. The minimum Gasteiger partial charge on any atom is -0.497 e. The van der Waals surface area contributed by atoms with E-state index < -0.39 is 0 Å². The lowest BCUT2D eigenvalue weighted by atomic mass is 10.2. The fourth-order valence-corrected chi connectivity index (χ4v) is 4.68. The molecule has 31 heavy (non-hydrogen) atoms. The van der Waals surface area contributed by atoms with Crippen molar-refractivity contribution in [3.05, 3.63) is 53.2 Å². The summed E-state index contributed by atoms with van der Waals surface area (Å²) in [5, 5.41) is 0. The molecule has 9 heteroatoms. The zero-order chi connectivity index (χ0) is 21.4. The Bertz CT molecular complexity index is 1160. The molecule has 1 aliphatic rings. The van der Waals surface area contributed by atoms with Crippen molar-refractivity contribution in [3.8, 4) is 17.1 Å². The molecule has 1 aliphatic heterocycles. The van der Waals surface area contributed by atoms with Crippen molar-refractivity contribution in [2.24, 2.45) is 0 Å². The lowest BCUT2D eigenvalue weighted by Gasteiger charge is -2.38. The van der Waals surface area contributed by atoms with Crippen LogP contribution in [0, 0.1) is 0 Å². The zero-order valence-corrected chi connectivity index (χ0v) is 19.1. The first-order valence-corrected chi connectivity index (χ1v) is 11.1. The van der Waals surface area contributed by atoms with Crippen molar-refractivity contribution in [1.29, 1.82) is 0 Å². The molecule has 0 aliphatic carbocycles. The van der Waals surface area contributed by atoms with E-state index in [9.17, 15) is 0 Å². The summed E-state index contributed by atoms with van der Waals surface area (Å²) in [6.45, 7) is 5.94. The minimum atomic E-state index is 0.270. The number of hydrogen-bond donors (Lipinski definition) is 2. The third kappa shape index (κ3) is 3.79. The summed E-state index contributed by atoms with van der Waals surface area (Å²) < 4.78 is 6.23. The topological polar surface area (TPSA) is 86.0 Å². The summed E-state index contributed by atoms with van der Waals surface area (Å²) in [6.07, 6.45) is 5.53. The minimum absolute atomic E-state index is 0.270. The molecule has 0 saturated carbocycles. The molecule has 3 aromatic heterocycles. The highest BCUT2D eigenvalue weighted by Gasteiger charge is 2.26. The maximum Gasteiger partial charge on any atom is 0.180 e. The first kappa shape index (κ1) is 20.0. The van der Waals surface area contributed by atoms with E-state index in [1.54, 1.807) is 7.11 Å². The van der Waals surface area contributed by atoms with Gasteiger partial charge < -0.3 is 19.6 Å².